The lowest BCUT2D eigenvalue weighted by Crippen LogP contribution is -2.37. The summed E-state index contributed by atoms with van der Waals surface area (Å²) < 4.78 is 5.71. The van der Waals surface area contributed by atoms with E-state index in [9.17, 15) is 0 Å². The third-order valence-corrected chi connectivity index (χ3v) is 5.77. The number of benzene rings is 2. The largest absolute Gasteiger partial charge is 0.444 e. The Morgan fingerprint density at radius 2 is 1.93 bits per heavy atom. The van der Waals surface area contributed by atoms with Crippen LogP contribution < -0.4 is 0 Å². The Hall–Kier alpha value is -2.14. The van der Waals surface area contributed by atoms with Crippen LogP contribution >= 0.6 is 11.6 Å². The van der Waals surface area contributed by atoms with Gasteiger partial charge >= 0.3 is 0 Å². The van der Waals surface area contributed by atoms with Gasteiger partial charge in [0.25, 0.3) is 0 Å². The van der Waals surface area contributed by atoms with Gasteiger partial charge in [-0.05, 0) is 30.7 Å². The molecule has 5 heteroatoms. The van der Waals surface area contributed by atoms with E-state index in [4.69, 9.17) is 16.0 Å². The van der Waals surface area contributed by atoms with Gasteiger partial charge < -0.3 is 4.42 Å². The highest BCUT2D eigenvalue weighted by molar-refractivity contribution is 6.33. The summed E-state index contributed by atoms with van der Waals surface area (Å²) in [5.41, 5.74) is 3.18. The van der Waals surface area contributed by atoms with Crippen LogP contribution in [0.15, 0.2) is 65.3 Å². The van der Waals surface area contributed by atoms with Crippen LogP contribution in [0.5, 0.6) is 0 Å². The van der Waals surface area contributed by atoms with Gasteiger partial charge in [0.15, 0.2) is 0 Å². The highest BCUT2D eigenvalue weighted by atomic mass is 35.5. The molecule has 0 N–H and O–H groups in total. The summed E-state index contributed by atoms with van der Waals surface area (Å²) in [6.07, 6.45) is 2.95. The van der Waals surface area contributed by atoms with Crippen molar-refractivity contribution in [2.24, 2.45) is 0 Å². The standard InChI is InChI=1S/C23H26ClN3O/c1-2-27(20-12-13-26(16-20)14-18-8-4-3-5-9-18)15-19-17-28-23(25-19)21-10-6-7-11-22(21)24/h3-11,17,20H,2,12-16H2,1H3. The third-order valence-electron chi connectivity index (χ3n) is 5.44. The van der Waals surface area contributed by atoms with Gasteiger partial charge in [0.2, 0.25) is 5.89 Å². The van der Waals surface area contributed by atoms with Crippen LogP contribution in [-0.2, 0) is 13.1 Å². The van der Waals surface area contributed by atoms with Gasteiger partial charge in [-0.25, -0.2) is 4.98 Å². The summed E-state index contributed by atoms with van der Waals surface area (Å²) in [5.74, 6) is 0.591. The van der Waals surface area contributed by atoms with Crippen molar-refractivity contribution in [2.45, 2.75) is 32.5 Å². The molecule has 1 atom stereocenters. The quantitative estimate of drug-likeness (QED) is 0.557. The second kappa shape index (κ2) is 8.91. The number of nitrogens with zero attached hydrogens (tertiary/aromatic N) is 3. The number of likely N-dealkylation sites (N-methyl/N-ethyl adjacent to an activating group) is 1. The molecule has 1 unspecified atom stereocenters. The lowest BCUT2D eigenvalue weighted by Gasteiger charge is -2.27. The van der Waals surface area contributed by atoms with E-state index in [1.54, 1.807) is 6.26 Å². The highest BCUT2D eigenvalue weighted by Gasteiger charge is 2.27. The number of hydrogen-bond donors (Lipinski definition) is 0. The Bertz CT molecular complexity index is 896. The number of oxazole rings is 1. The van der Waals surface area contributed by atoms with Crippen molar-refractivity contribution in [3.8, 4) is 11.5 Å². The SMILES string of the molecule is CCN(Cc1coc(-c2ccccc2Cl)n1)C1CCN(Cc2ccccc2)C1. The normalized spacial score (nSPS) is 17.5. The molecule has 2 aromatic carbocycles. The van der Waals surface area contributed by atoms with Crippen LogP contribution in [0, 0.1) is 0 Å². The molecule has 0 aliphatic carbocycles. The molecule has 146 valence electrons. The molecule has 1 aliphatic rings. The van der Waals surface area contributed by atoms with Gasteiger partial charge in [-0.1, -0.05) is 61.0 Å². The fourth-order valence-corrected chi connectivity index (χ4v) is 4.16. The zero-order chi connectivity index (χ0) is 19.3. The predicted molar refractivity (Wildman–Crippen MR) is 113 cm³/mol. The van der Waals surface area contributed by atoms with E-state index in [-0.39, 0.29) is 0 Å². The first-order valence-electron chi connectivity index (χ1n) is 9.92. The Morgan fingerprint density at radius 1 is 1.14 bits per heavy atom. The molecule has 1 fully saturated rings. The molecule has 28 heavy (non-hydrogen) atoms. The summed E-state index contributed by atoms with van der Waals surface area (Å²) >= 11 is 6.27. The number of rotatable bonds is 7. The molecule has 0 radical (unpaired) electrons. The summed E-state index contributed by atoms with van der Waals surface area (Å²) in [6, 6.07) is 18.9. The highest BCUT2D eigenvalue weighted by Crippen LogP contribution is 2.27. The predicted octanol–water partition coefficient (Wildman–Crippen LogP) is 5.09. The minimum Gasteiger partial charge on any atom is -0.444 e. The molecule has 4 nitrogen and oxygen atoms in total. The van der Waals surface area contributed by atoms with Crippen molar-refractivity contribution in [3.05, 3.63) is 77.1 Å². The van der Waals surface area contributed by atoms with E-state index >= 15 is 0 Å². The van der Waals surface area contributed by atoms with Crippen LogP contribution in [-0.4, -0.2) is 40.5 Å². The first-order valence-corrected chi connectivity index (χ1v) is 10.3. The lowest BCUT2D eigenvalue weighted by molar-refractivity contribution is 0.190. The molecule has 0 bridgehead atoms. The first-order chi connectivity index (χ1) is 13.7. The van der Waals surface area contributed by atoms with E-state index in [1.165, 1.54) is 12.0 Å². The lowest BCUT2D eigenvalue weighted by atomic mass is 10.2. The summed E-state index contributed by atoms with van der Waals surface area (Å²) in [7, 11) is 0. The first kappa shape index (κ1) is 19.2. The van der Waals surface area contributed by atoms with Crippen molar-refractivity contribution >= 4 is 11.6 Å². The number of halogens is 1. The van der Waals surface area contributed by atoms with Crippen molar-refractivity contribution in [1.82, 2.24) is 14.8 Å². The zero-order valence-electron chi connectivity index (χ0n) is 16.2. The van der Waals surface area contributed by atoms with E-state index in [0.717, 1.165) is 44.0 Å². The molecule has 0 saturated carbocycles. The fraction of sp³-hybridized carbons (Fsp3) is 0.348. The Labute approximate surface area is 171 Å². The second-order valence-corrected chi connectivity index (χ2v) is 7.76. The maximum Gasteiger partial charge on any atom is 0.227 e. The number of hydrogen-bond acceptors (Lipinski definition) is 4. The smallest absolute Gasteiger partial charge is 0.227 e. The average Bonchev–Trinajstić information content (AvgIpc) is 3.37. The van der Waals surface area contributed by atoms with Gasteiger partial charge in [-0.15, -0.1) is 0 Å². The molecule has 1 aromatic heterocycles. The van der Waals surface area contributed by atoms with Gasteiger partial charge in [0.1, 0.15) is 6.26 Å². The van der Waals surface area contributed by atoms with Crippen LogP contribution in [0.2, 0.25) is 5.02 Å². The van der Waals surface area contributed by atoms with Gasteiger partial charge in [0.05, 0.1) is 16.3 Å². The summed E-state index contributed by atoms with van der Waals surface area (Å²) in [4.78, 5) is 9.72. The van der Waals surface area contributed by atoms with E-state index in [1.807, 2.05) is 24.3 Å². The molecular weight excluding hydrogens is 370 g/mol. The minimum absolute atomic E-state index is 0.550. The van der Waals surface area contributed by atoms with Crippen molar-refractivity contribution in [1.29, 1.82) is 0 Å². The van der Waals surface area contributed by atoms with E-state index in [0.29, 0.717) is 17.0 Å². The maximum absolute atomic E-state index is 6.27. The maximum atomic E-state index is 6.27. The topological polar surface area (TPSA) is 32.5 Å². The molecule has 2 heterocycles. The fourth-order valence-electron chi connectivity index (χ4n) is 3.94. The molecular formula is C23H26ClN3O. The van der Waals surface area contributed by atoms with E-state index in [2.05, 4.69) is 52.0 Å². The molecule has 0 spiro atoms. The second-order valence-electron chi connectivity index (χ2n) is 7.35. The van der Waals surface area contributed by atoms with Gasteiger partial charge in [-0.3, -0.25) is 9.80 Å². The minimum atomic E-state index is 0.550. The molecule has 4 rings (SSSR count). The van der Waals surface area contributed by atoms with Crippen molar-refractivity contribution in [2.75, 3.05) is 19.6 Å². The van der Waals surface area contributed by atoms with Crippen molar-refractivity contribution in [3.63, 3.8) is 0 Å². The van der Waals surface area contributed by atoms with Crippen LogP contribution in [0.25, 0.3) is 11.5 Å². The van der Waals surface area contributed by atoms with E-state index < -0.39 is 0 Å². The Kier molecular flexibility index (Phi) is 6.10. The van der Waals surface area contributed by atoms with Gasteiger partial charge in [-0.2, -0.15) is 0 Å². The summed E-state index contributed by atoms with van der Waals surface area (Å²) in [5, 5.41) is 0.663. The Morgan fingerprint density at radius 3 is 2.71 bits per heavy atom. The van der Waals surface area contributed by atoms with Crippen LogP contribution in [0.3, 0.4) is 0 Å². The van der Waals surface area contributed by atoms with Crippen LogP contribution in [0.4, 0.5) is 0 Å². The summed E-state index contributed by atoms with van der Waals surface area (Å²) in [6.45, 7) is 7.27. The Balaban J connectivity index is 1.38. The number of aromatic nitrogens is 1. The zero-order valence-corrected chi connectivity index (χ0v) is 17.0. The molecule has 3 aromatic rings. The van der Waals surface area contributed by atoms with Gasteiger partial charge in [0, 0.05) is 32.2 Å². The third kappa shape index (κ3) is 4.46. The monoisotopic (exact) mass is 395 g/mol. The van der Waals surface area contributed by atoms with Crippen molar-refractivity contribution < 1.29 is 4.42 Å². The molecule has 1 saturated heterocycles. The van der Waals surface area contributed by atoms with Crippen LogP contribution in [0.1, 0.15) is 24.6 Å². The average molecular weight is 396 g/mol. The molecule has 1 aliphatic heterocycles. The number of likely N-dealkylation sites (tertiary alicyclic amines) is 1. The molecule has 0 amide bonds.